The summed E-state index contributed by atoms with van der Waals surface area (Å²) in [6.07, 6.45) is 4.33. The summed E-state index contributed by atoms with van der Waals surface area (Å²) in [5, 5.41) is 0. The quantitative estimate of drug-likeness (QED) is 0.623. The number of allylic oxidation sites excluding steroid dienone is 1. The van der Waals surface area contributed by atoms with Crippen molar-refractivity contribution in [3.05, 3.63) is 39.0 Å². The van der Waals surface area contributed by atoms with E-state index in [1.165, 1.54) is 16.8 Å². The standard InChI is InChI=1S/C11H13BrN2O3/c1-3-17-10(15)5-4-6-14-8(2)13-7-9(12)11(14)16/h4-5,7H,3,6H2,1-2H3/b5-4+. The Morgan fingerprint density at radius 1 is 1.65 bits per heavy atom. The minimum absolute atomic E-state index is 0.175. The van der Waals surface area contributed by atoms with Crippen LogP contribution >= 0.6 is 15.9 Å². The molecule has 0 aliphatic rings. The van der Waals surface area contributed by atoms with E-state index in [0.717, 1.165) is 0 Å². The SMILES string of the molecule is CCOC(=O)/C=C/Cn1c(C)ncc(Br)c1=O. The van der Waals surface area contributed by atoms with Gasteiger partial charge in [0.1, 0.15) is 10.3 Å². The topological polar surface area (TPSA) is 61.2 Å². The first-order valence-electron chi connectivity index (χ1n) is 5.11. The van der Waals surface area contributed by atoms with Crippen molar-refractivity contribution in [2.45, 2.75) is 20.4 Å². The molecule has 0 saturated heterocycles. The Balaban J connectivity index is 2.80. The second kappa shape index (κ2) is 6.34. The summed E-state index contributed by atoms with van der Waals surface area (Å²) in [7, 11) is 0. The zero-order valence-electron chi connectivity index (χ0n) is 9.64. The van der Waals surface area contributed by atoms with Crippen molar-refractivity contribution >= 4 is 21.9 Å². The normalized spacial score (nSPS) is 10.8. The first-order valence-corrected chi connectivity index (χ1v) is 5.90. The second-order valence-corrected chi connectivity index (χ2v) is 4.08. The van der Waals surface area contributed by atoms with Gasteiger partial charge in [-0.1, -0.05) is 6.08 Å². The van der Waals surface area contributed by atoms with Crippen molar-refractivity contribution < 1.29 is 9.53 Å². The average Bonchev–Trinajstić information content (AvgIpc) is 2.29. The Hall–Kier alpha value is -1.43. The lowest BCUT2D eigenvalue weighted by Crippen LogP contribution is -2.23. The molecule has 92 valence electrons. The summed E-state index contributed by atoms with van der Waals surface area (Å²) in [5.41, 5.74) is -0.175. The van der Waals surface area contributed by atoms with Gasteiger partial charge in [-0.05, 0) is 29.8 Å². The highest BCUT2D eigenvalue weighted by Crippen LogP contribution is 2.01. The zero-order chi connectivity index (χ0) is 12.8. The molecule has 17 heavy (non-hydrogen) atoms. The molecule has 0 amide bonds. The molecule has 0 aliphatic heterocycles. The van der Waals surface area contributed by atoms with Gasteiger partial charge < -0.3 is 4.74 Å². The summed E-state index contributed by atoms with van der Waals surface area (Å²) in [5.74, 6) is 0.174. The minimum Gasteiger partial charge on any atom is -0.463 e. The summed E-state index contributed by atoms with van der Waals surface area (Å²) in [6.45, 7) is 4.08. The lowest BCUT2D eigenvalue weighted by atomic mass is 10.4. The molecule has 0 fully saturated rings. The summed E-state index contributed by atoms with van der Waals surface area (Å²) < 4.78 is 6.58. The van der Waals surface area contributed by atoms with Crippen molar-refractivity contribution in [2.24, 2.45) is 0 Å². The van der Waals surface area contributed by atoms with Gasteiger partial charge in [0, 0.05) is 18.8 Å². The van der Waals surface area contributed by atoms with Gasteiger partial charge in [0.05, 0.1) is 6.61 Å². The van der Waals surface area contributed by atoms with E-state index in [-0.39, 0.29) is 12.1 Å². The number of halogens is 1. The number of hydrogen-bond donors (Lipinski definition) is 0. The highest BCUT2D eigenvalue weighted by Gasteiger charge is 2.03. The monoisotopic (exact) mass is 300 g/mol. The fraction of sp³-hybridized carbons (Fsp3) is 0.364. The lowest BCUT2D eigenvalue weighted by molar-refractivity contribution is -0.137. The highest BCUT2D eigenvalue weighted by molar-refractivity contribution is 9.10. The van der Waals surface area contributed by atoms with Gasteiger partial charge in [-0.3, -0.25) is 9.36 Å². The van der Waals surface area contributed by atoms with E-state index in [1.54, 1.807) is 19.9 Å². The molecular weight excluding hydrogens is 288 g/mol. The molecule has 5 nitrogen and oxygen atoms in total. The third-order valence-corrected chi connectivity index (χ3v) is 2.58. The maximum Gasteiger partial charge on any atom is 0.330 e. The Bertz CT molecular complexity index is 494. The van der Waals surface area contributed by atoms with E-state index in [2.05, 4.69) is 20.9 Å². The smallest absolute Gasteiger partial charge is 0.330 e. The fourth-order valence-corrected chi connectivity index (χ4v) is 1.53. The van der Waals surface area contributed by atoms with Gasteiger partial charge in [-0.25, -0.2) is 9.78 Å². The largest absolute Gasteiger partial charge is 0.463 e. The van der Waals surface area contributed by atoms with Crippen LogP contribution in [-0.2, 0) is 16.1 Å². The van der Waals surface area contributed by atoms with Crippen LogP contribution in [-0.4, -0.2) is 22.1 Å². The van der Waals surface area contributed by atoms with Crippen molar-refractivity contribution in [3.63, 3.8) is 0 Å². The molecule has 0 spiro atoms. The molecule has 0 atom stereocenters. The van der Waals surface area contributed by atoms with Crippen molar-refractivity contribution in [1.29, 1.82) is 0 Å². The fourth-order valence-electron chi connectivity index (χ4n) is 1.21. The van der Waals surface area contributed by atoms with Crippen LogP contribution in [0.25, 0.3) is 0 Å². The van der Waals surface area contributed by atoms with Crippen LogP contribution in [0.3, 0.4) is 0 Å². The first kappa shape index (κ1) is 13.6. The van der Waals surface area contributed by atoms with Crippen LogP contribution in [0.4, 0.5) is 0 Å². The third-order valence-electron chi connectivity index (χ3n) is 2.03. The maximum absolute atomic E-state index is 11.7. The number of esters is 1. The maximum atomic E-state index is 11.7. The van der Waals surface area contributed by atoms with Crippen molar-refractivity contribution in [2.75, 3.05) is 6.61 Å². The Morgan fingerprint density at radius 3 is 3.00 bits per heavy atom. The predicted octanol–water partition coefficient (Wildman–Crippen LogP) is 1.43. The molecule has 1 rings (SSSR count). The zero-order valence-corrected chi connectivity index (χ0v) is 11.2. The van der Waals surface area contributed by atoms with E-state index < -0.39 is 5.97 Å². The van der Waals surface area contributed by atoms with Crippen LogP contribution in [0.2, 0.25) is 0 Å². The van der Waals surface area contributed by atoms with E-state index in [0.29, 0.717) is 16.9 Å². The van der Waals surface area contributed by atoms with Crippen LogP contribution in [0, 0.1) is 6.92 Å². The number of rotatable bonds is 4. The van der Waals surface area contributed by atoms with Crippen molar-refractivity contribution in [1.82, 2.24) is 9.55 Å². The average molecular weight is 301 g/mol. The lowest BCUT2D eigenvalue weighted by Gasteiger charge is -2.05. The first-order chi connectivity index (χ1) is 8.06. The molecule has 0 bridgehead atoms. The molecular formula is C11H13BrN2O3. The Labute approximate surface area is 107 Å². The van der Waals surface area contributed by atoms with Gasteiger partial charge in [0.25, 0.3) is 5.56 Å². The summed E-state index contributed by atoms with van der Waals surface area (Å²) >= 11 is 3.11. The number of aromatic nitrogens is 2. The van der Waals surface area contributed by atoms with E-state index in [1.807, 2.05) is 0 Å². The van der Waals surface area contributed by atoms with E-state index >= 15 is 0 Å². The molecule has 1 aromatic heterocycles. The number of nitrogens with zero attached hydrogens (tertiary/aromatic N) is 2. The van der Waals surface area contributed by atoms with Gasteiger partial charge in [0.2, 0.25) is 0 Å². The molecule has 0 saturated carbocycles. The van der Waals surface area contributed by atoms with Crippen LogP contribution in [0.1, 0.15) is 12.7 Å². The molecule has 1 heterocycles. The van der Waals surface area contributed by atoms with Crippen LogP contribution in [0.5, 0.6) is 0 Å². The Morgan fingerprint density at radius 2 is 2.35 bits per heavy atom. The molecule has 0 N–H and O–H groups in total. The molecule has 0 aliphatic carbocycles. The summed E-state index contributed by atoms with van der Waals surface area (Å²) in [4.78, 5) is 26.8. The van der Waals surface area contributed by atoms with E-state index in [9.17, 15) is 9.59 Å². The van der Waals surface area contributed by atoms with Gasteiger partial charge in [-0.2, -0.15) is 0 Å². The molecule has 0 unspecified atom stereocenters. The number of carbonyl (C=O) groups excluding carboxylic acids is 1. The number of hydrogen-bond acceptors (Lipinski definition) is 4. The minimum atomic E-state index is -0.416. The van der Waals surface area contributed by atoms with Crippen molar-refractivity contribution in [3.8, 4) is 0 Å². The number of ether oxygens (including phenoxy) is 1. The van der Waals surface area contributed by atoms with E-state index in [4.69, 9.17) is 4.74 Å². The number of aryl methyl sites for hydroxylation is 1. The van der Waals surface area contributed by atoms with Crippen LogP contribution in [0.15, 0.2) is 27.6 Å². The highest BCUT2D eigenvalue weighted by atomic mass is 79.9. The van der Waals surface area contributed by atoms with Gasteiger partial charge in [0.15, 0.2) is 0 Å². The third kappa shape index (κ3) is 3.81. The Kier molecular flexibility index (Phi) is 5.09. The molecule has 1 aromatic rings. The molecule has 0 aromatic carbocycles. The number of carbonyl (C=O) groups is 1. The predicted molar refractivity (Wildman–Crippen MR) is 66.7 cm³/mol. The van der Waals surface area contributed by atoms with Gasteiger partial charge in [-0.15, -0.1) is 0 Å². The van der Waals surface area contributed by atoms with Gasteiger partial charge >= 0.3 is 5.97 Å². The second-order valence-electron chi connectivity index (χ2n) is 3.22. The molecule has 0 radical (unpaired) electrons. The van der Waals surface area contributed by atoms with Crippen LogP contribution < -0.4 is 5.56 Å². The molecule has 6 heteroatoms. The summed E-state index contributed by atoms with van der Waals surface area (Å²) in [6, 6.07) is 0.